The van der Waals surface area contributed by atoms with E-state index in [-0.39, 0.29) is 0 Å². The summed E-state index contributed by atoms with van der Waals surface area (Å²) in [6, 6.07) is 5.89. The molecule has 0 fully saturated rings. The highest BCUT2D eigenvalue weighted by molar-refractivity contribution is 9.11. The Morgan fingerprint density at radius 2 is 2.25 bits per heavy atom. The number of aryl methyl sites for hydroxylation is 1. The Kier molecular flexibility index (Phi) is 3.84. The standard InChI is InChI=1S/C12H13BrO2S/c1-2-11-9(5-6-15-11)10(14)7-8-3-4-12(13)16-8/h3-6,10,14H,2,7H2,1H3. The Morgan fingerprint density at radius 1 is 1.44 bits per heavy atom. The van der Waals surface area contributed by atoms with Crippen molar-refractivity contribution in [3.05, 3.63) is 44.4 Å². The molecular weight excluding hydrogens is 288 g/mol. The second-order valence-electron chi connectivity index (χ2n) is 3.58. The number of hydrogen-bond acceptors (Lipinski definition) is 3. The van der Waals surface area contributed by atoms with Crippen molar-refractivity contribution >= 4 is 27.3 Å². The third-order valence-electron chi connectivity index (χ3n) is 2.48. The molecule has 1 N–H and O–H groups in total. The van der Waals surface area contributed by atoms with Crippen LogP contribution in [0.1, 0.15) is 29.2 Å². The van der Waals surface area contributed by atoms with Gasteiger partial charge in [0.1, 0.15) is 5.76 Å². The first-order chi connectivity index (χ1) is 7.70. The Morgan fingerprint density at radius 3 is 2.88 bits per heavy atom. The number of thiophene rings is 1. The Balaban J connectivity index is 2.11. The molecular formula is C12H13BrO2S. The molecule has 1 unspecified atom stereocenters. The first-order valence-corrected chi connectivity index (χ1v) is 6.80. The molecule has 86 valence electrons. The zero-order valence-electron chi connectivity index (χ0n) is 8.94. The molecule has 0 bridgehead atoms. The van der Waals surface area contributed by atoms with Gasteiger partial charge < -0.3 is 9.52 Å². The highest BCUT2D eigenvalue weighted by Gasteiger charge is 2.15. The monoisotopic (exact) mass is 300 g/mol. The van der Waals surface area contributed by atoms with Gasteiger partial charge in [-0.05, 0) is 34.1 Å². The van der Waals surface area contributed by atoms with Crippen LogP contribution in [0, 0.1) is 0 Å². The number of aliphatic hydroxyl groups excluding tert-OH is 1. The molecule has 0 aromatic carbocycles. The van der Waals surface area contributed by atoms with Gasteiger partial charge in [0.2, 0.25) is 0 Å². The van der Waals surface area contributed by atoms with Crippen LogP contribution in [0.2, 0.25) is 0 Å². The van der Waals surface area contributed by atoms with Crippen LogP contribution in [-0.2, 0) is 12.8 Å². The smallest absolute Gasteiger partial charge is 0.109 e. The van der Waals surface area contributed by atoms with Crippen LogP contribution in [0.25, 0.3) is 0 Å². The van der Waals surface area contributed by atoms with Crippen molar-refractivity contribution in [1.82, 2.24) is 0 Å². The summed E-state index contributed by atoms with van der Waals surface area (Å²) >= 11 is 5.07. The molecule has 1 atom stereocenters. The van der Waals surface area contributed by atoms with Gasteiger partial charge in [0.05, 0.1) is 16.2 Å². The largest absolute Gasteiger partial charge is 0.469 e. The minimum Gasteiger partial charge on any atom is -0.469 e. The SMILES string of the molecule is CCc1occc1C(O)Cc1ccc(Br)s1. The summed E-state index contributed by atoms with van der Waals surface area (Å²) in [4.78, 5) is 1.17. The van der Waals surface area contributed by atoms with Crippen LogP contribution in [0.15, 0.2) is 32.7 Å². The average Bonchev–Trinajstić information content (AvgIpc) is 2.86. The lowest BCUT2D eigenvalue weighted by molar-refractivity contribution is 0.177. The first-order valence-electron chi connectivity index (χ1n) is 5.19. The molecule has 16 heavy (non-hydrogen) atoms. The summed E-state index contributed by atoms with van der Waals surface area (Å²) in [6.07, 6.45) is 2.62. The second kappa shape index (κ2) is 5.17. The summed E-state index contributed by atoms with van der Waals surface area (Å²) in [5, 5.41) is 10.1. The Bertz CT molecular complexity index is 461. The normalized spacial score (nSPS) is 12.9. The van der Waals surface area contributed by atoms with Crippen LogP contribution < -0.4 is 0 Å². The predicted octanol–water partition coefficient (Wildman–Crippen LogP) is 3.94. The van der Waals surface area contributed by atoms with Crippen molar-refractivity contribution in [3.8, 4) is 0 Å². The maximum Gasteiger partial charge on any atom is 0.109 e. The molecule has 2 aromatic heterocycles. The van der Waals surface area contributed by atoms with Crippen LogP contribution in [0.5, 0.6) is 0 Å². The molecule has 2 rings (SSSR count). The third-order valence-corrected chi connectivity index (χ3v) is 4.13. The maximum atomic E-state index is 10.1. The molecule has 0 aliphatic heterocycles. The number of halogens is 1. The summed E-state index contributed by atoms with van der Waals surface area (Å²) in [7, 11) is 0. The number of furan rings is 1. The van der Waals surface area contributed by atoms with Crippen molar-refractivity contribution in [3.63, 3.8) is 0 Å². The van der Waals surface area contributed by atoms with Gasteiger partial charge in [-0.15, -0.1) is 11.3 Å². The first kappa shape index (κ1) is 11.9. The summed E-state index contributed by atoms with van der Waals surface area (Å²) in [5.41, 5.74) is 0.909. The number of aliphatic hydroxyl groups is 1. The van der Waals surface area contributed by atoms with E-state index >= 15 is 0 Å². The van der Waals surface area contributed by atoms with Gasteiger partial charge in [0, 0.05) is 23.3 Å². The van der Waals surface area contributed by atoms with Crippen molar-refractivity contribution in [2.75, 3.05) is 0 Å². The lowest BCUT2D eigenvalue weighted by Gasteiger charge is -2.08. The zero-order valence-corrected chi connectivity index (χ0v) is 11.3. The second-order valence-corrected chi connectivity index (χ2v) is 6.13. The summed E-state index contributed by atoms with van der Waals surface area (Å²) in [5.74, 6) is 0.878. The Hall–Kier alpha value is -0.580. The molecule has 0 aliphatic rings. The molecule has 0 spiro atoms. The number of hydrogen-bond donors (Lipinski definition) is 1. The fourth-order valence-electron chi connectivity index (χ4n) is 1.70. The minimum atomic E-state index is -0.473. The van der Waals surface area contributed by atoms with Gasteiger partial charge in [-0.2, -0.15) is 0 Å². The predicted molar refractivity (Wildman–Crippen MR) is 68.8 cm³/mol. The molecule has 0 amide bonds. The van der Waals surface area contributed by atoms with E-state index in [9.17, 15) is 5.11 Å². The van der Waals surface area contributed by atoms with Gasteiger partial charge >= 0.3 is 0 Å². The fourth-order valence-corrected chi connectivity index (χ4v) is 3.22. The molecule has 0 saturated heterocycles. The lowest BCUT2D eigenvalue weighted by Crippen LogP contribution is -2.01. The molecule has 2 nitrogen and oxygen atoms in total. The quantitative estimate of drug-likeness (QED) is 0.928. The Labute approximate surface area is 107 Å². The highest BCUT2D eigenvalue weighted by Crippen LogP contribution is 2.28. The van der Waals surface area contributed by atoms with E-state index in [4.69, 9.17) is 4.42 Å². The molecule has 0 aliphatic carbocycles. The van der Waals surface area contributed by atoms with E-state index in [0.717, 1.165) is 21.5 Å². The van der Waals surface area contributed by atoms with Crippen molar-refractivity contribution in [1.29, 1.82) is 0 Å². The van der Waals surface area contributed by atoms with Crippen molar-refractivity contribution < 1.29 is 9.52 Å². The van der Waals surface area contributed by atoms with Gasteiger partial charge in [-0.3, -0.25) is 0 Å². The van der Waals surface area contributed by atoms with Crippen molar-refractivity contribution in [2.24, 2.45) is 0 Å². The van der Waals surface area contributed by atoms with Crippen LogP contribution in [0.4, 0.5) is 0 Å². The third kappa shape index (κ3) is 2.56. The van der Waals surface area contributed by atoms with Gasteiger partial charge in [-0.25, -0.2) is 0 Å². The van der Waals surface area contributed by atoms with E-state index in [1.54, 1.807) is 17.6 Å². The molecule has 2 heterocycles. The van der Waals surface area contributed by atoms with E-state index in [1.165, 1.54) is 4.88 Å². The zero-order chi connectivity index (χ0) is 11.5. The minimum absolute atomic E-state index is 0.473. The van der Waals surface area contributed by atoms with Gasteiger partial charge in [0.15, 0.2) is 0 Å². The van der Waals surface area contributed by atoms with Crippen molar-refractivity contribution in [2.45, 2.75) is 25.9 Å². The van der Waals surface area contributed by atoms with Crippen LogP contribution in [0.3, 0.4) is 0 Å². The fraction of sp³-hybridized carbons (Fsp3) is 0.333. The van der Waals surface area contributed by atoms with E-state index < -0.39 is 6.10 Å². The van der Waals surface area contributed by atoms with E-state index in [2.05, 4.69) is 15.9 Å². The van der Waals surface area contributed by atoms with E-state index in [0.29, 0.717) is 6.42 Å². The summed E-state index contributed by atoms with van der Waals surface area (Å²) in [6.45, 7) is 2.02. The maximum absolute atomic E-state index is 10.1. The molecule has 0 saturated carbocycles. The lowest BCUT2D eigenvalue weighted by atomic mass is 10.1. The molecule has 2 aromatic rings. The molecule has 0 radical (unpaired) electrons. The van der Waals surface area contributed by atoms with Crippen LogP contribution >= 0.6 is 27.3 Å². The van der Waals surface area contributed by atoms with Gasteiger partial charge in [0.25, 0.3) is 0 Å². The summed E-state index contributed by atoms with van der Waals surface area (Å²) < 4.78 is 6.41. The highest BCUT2D eigenvalue weighted by atomic mass is 79.9. The van der Waals surface area contributed by atoms with Crippen LogP contribution in [-0.4, -0.2) is 5.11 Å². The average molecular weight is 301 g/mol. The topological polar surface area (TPSA) is 33.4 Å². The van der Waals surface area contributed by atoms with E-state index in [1.807, 2.05) is 25.1 Å². The number of rotatable bonds is 4. The van der Waals surface area contributed by atoms with Gasteiger partial charge in [-0.1, -0.05) is 6.92 Å². The molecule has 4 heteroatoms.